The third-order valence-electron chi connectivity index (χ3n) is 3.24. The van der Waals surface area contributed by atoms with Crippen LogP contribution in [-0.2, 0) is 4.79 Å². The zero-order valence-corrected chi connectivity index (χ0v) is 9.65. The number of piperazine rings is 1. The highest BCUT2D eigenvalue weighted by molar-refractivity contribution is 5.90. The molecule has 1 fully saturated rings. The van der Waals surface area contributed by atoms with E-state index in [1.54, 1.807) is 0 Å². The lowest BCUT2D eigenvalue weighted by Crippen LogP contribution is -2.44. The lowest BCUT2D eigenvalue weighted by atomic mass is 10.0. The van der Waals surface area contributed by atoms with Crippen LogP contribution in [0.4, 0.5) is 0 Å². The molecule has 4 heteroatoms. The van der Waals surface area contributed by atoms with Gasteiger partial charge in [-0.3, -0.25) is 0 Å². The van der Waals surface area contributed by atoms with Gasteiger partial charge in [0.25, 0.3) is 0 Å². The molecule has 1 N–H and O–H groups in total. The highest BCUT2D eigenvalue weighted by Crippen LogP contribution is 2.21. The number of hydrogen-bond donors (Lipinski definition) is 1. The zero-order chi connectivity index (χ0) is 11.5. The lowest BCUT2D eigenvalue weighted by molar-refractivity contribution is -0.132. The van der Waals surface area contributed by atoms with Gasteiger partial charge in [-0.15, -0.1) is 0 Å². The smallest absolute Gasteiger partial charge is 0.335 e. The molecule has 0 aromatic carbocycles. The van der Waals surface area contributed by atoms with Crippen molar-refractivity contribution in [3.8, 4) is 0 Å². The Hall–Kier alpha value is -1.29. The van der Waals surface area contributed by atoms with Crippen molar-refractivity contribution >= 4 is 5.97 Å². The van der Waals surface area contributed by atoms with Gasteiger partial charge in [0, 0.05) is 31.9 Å². The fourth-order valence-corrected chi connectivity index (χ4v) is 2.18. The summed E-state index contributed by atoms with van der Waals surface area (Å²) in [5.74, 6) is -0.814. The summed E-state index contributed by atoms with van der Waals surface area (Å²) >= 11 is 0. The third kappa shape index (κ3) is 2.44. The highest BCUT2D eigenvalue weighted by atomic mass is 16.4. The van der Waals surface area contributed by atoms with Gasteiger partial charge in [-0.2, -0.15) is 0 Å². The molecule has 1 heterocycles. The van der Waals surface area contributed by atoms with Crippen molar-refractivity contribution in [3.05, 3.63) is 23.4 Å². The molecule has 0 saturated carbocycles. The average Bonchev–Trinajstić information content (AvgIpc) is 2.30. The second-order valence-corrected chi connectivity index (χ2v) is 4.43. The number of carboxylic acids is 1. The fraction of sp³-hybridized carbons (Fsp3) is 0.583. The molecule has 4 nitrogen and oxygen atoms in total. The average molecular weight is 222 g/mol. The topological polar surface area (TPSA) is 43.8 Å². The molecule has 1 aliphatic carbocycles. The summed E-state index contributed by atoms with van der Waals surface area (Å²) in [6.07, 6.45) is 5.46. The summed E-state index contributed by atoms with van der Waals surface area (Å²) in [4.78, 5) is 15.5. The number of allylic oxidation sites excluding steroid dienone is 2. The van der Waals surface area contributed by atoms with E-state index in [2.05, 4.69) is 16.8 Å². The Kier molecular flexibility index (Phi) is 3.29. The van der Waals surface area contributed by atoms with E-state index >= 15 is 0 Å². The first-order chi connectivity index (χ1) is 7.66. The van der Waals surface area contributed by atoms with Crippen LogP contribution in [0.2, 0.25) is 0 Å². The van der Waals surface area contributed by atoms with E-state index in [0.29, 0.717) is 5.57 Å². The maximum atomic E-state index is 10.9. The zero-order valence-electron chi connectivity index (χ0n) is 9.65. The Bertz CT molecular complexity index is 339. The Morgan fingerprint density at radius 3 is 2.62 bits per heavy atom. The number of aliphatic carboxylic acids is 1. The fourth-order valence-electron chi connectivity index (χ4n) is 2.18. The molecule has 0 radical (unpaired) electrons. The van der Waals surface area contributed by atoms with Crippen molar-refractivity contribution < 1.29 is 9.90 Å². The minimum absolute atomic E-state index is 0.445. The summed E-state index contributed by atoms with van der Waals surface area (Å²) in [6.45, 7) is 4.14. The molecule has 0 unspecified atom stereocenters. The van der Waals surface area contributed by atoms with E-state index in [0.717, 1.165) is 39.0 Å². The number of hydrogen-bond acceptors (Lipinski definition) is 3. The maximum Gasteiger partial charge on any atom is 0.335 e. The number of likely N-dealkylation sites (N-methyl/N-ethyl adjacent to an activating group) is 1. The van der Waals surface area contributed by atoms with E-state index in [9.17, 15) is 4.79 Å². The molecule has 88 valence electrons. The van der Waals surface area contributed by atoms with Crippen LogP contribution in [0.3, 0.4) is 0 Å². The van der Waals surface area contributed by atoms with Crippen LogP contribution < -0.4 is 0 Å². The first-order valence-corrected chi connectivity index (χ1v) is 5.74. The monoisotopic (exact) mass is 222 g/mol. The van der Waals surface area contributed by atoms with Gasteiger partial charge in [0.05, 0.1) is 5.57 Å². The third-order valence-corrected chi connectivity index (χ3v) is 3.24. The van der Waals surface area contributed by atoms with Crippen molar-refractivity contribution in [2.45, 2.75) is 12.8 Å². The molecule has 1 saturated heterocycles. The molecule has 0 atom stereocenters. The number of nitrogens with zero attached hydrogens (tertiary/aromatic N) is 2. The standard InChI is InChI=1S/C12H18N2O2/c1-13-5-7-14(8-6-13)11-4-2-3-10(9-11)12(15)16/h3,9H,2,4-8H2,1H3,(H,15,16). The molecule has 1 aliphatic heterocycles. The summed E-state index contributed by atoms with van der Waals surface area (Å²) in [5.41, 5.74) is 1.63. The number of rotatable bonds is 2. The molecule has 0 bridgehead atoms. The number of carboxylic acid groups (broad SMARTS) is 1. The van der Waals surface area contributed by atoms with E-state index in [1.807, 2.05) is 12.2 Å². The van der Waals surface area contributed by atoms with Crippen LogP contribution in [0.25, 0.3) is 0 Å². The lowest BCUT2D eigenvalue weighted by Gasteiger charge is -2.36. The Morgan fingerprint density at radius 1 is 1.31 bits per heavy atom. The van der Waals surface area contributed by atoms with Crippen LogP contribution in [0.15, 0.2) is 23.4 Å². The summed E-state index contributed by atoms with van der Waals surface area (Å²) in [5, 5.41) is 8.96. The van der Waals surface area contributed by atoms with Crippen molar-refractivity contribution in [3.63, 3.8) is 0 Å². The highest BCUT2D eigenvalue weighted by Gasteiger charge is 2.19. The van der Waals surface area contributed by atoms with Gasteiger partial charge in [0.1, 0.15) is 0 Å². The van der Waals surface area contributed by atoms with Crippen LogP contribution in [0, 0.1) is 0 Å². The molecule has 0 amide bonds. The quantitative estimate of drug-likeness (QED) is 0.754. The van der Waals surface area contributed by atoms with Crippen molar-refractivity contribution in [2.24, 2.45) is 0 Å². The van der Waals surface area contributed by atoms with Crippen LogP contribution in [-0.4, -0.2) is 54.1 Å². The Morgan fingerprint density at radius 2 is 2.00 bits per heavy atom. The first-order valence-electron chi connectivity index (χ1n) is 5.74. The van der Waals surface area contributed by atoms with Crippen LogP contribution in [0.5, 0.6) is 0 Å². The molecule has 16 heavy (non-hydrogen) atoms. The van der Waals surface area contributed by atoms with Gasteiger partial charge in [0.15, 0.2) is 0 Å². The minimum Gasteiger partial charge on any atom is -0.478 e. The number of carbonyl (C=O) groups is 1. The Balaban J connectivity index is 2.04. The predicted octanol–water partition coefficient (Wildman–Crippen LogP) is 0.922. The maximum absolute atomic E-state index is 10.9. The predicted molar refractivity (Wildman–Crippen MR) is 62.1 cm³/mol. The van der Waals surface area contributed by atoms with Crippen molar-refractivity contribution in [1.29, 1.82) is 0 Å². The molecule has 0 aromatic rings. The molecule has 2 rings (SSSR count). The van der Waals surface area contributed by atoms with Crippen molar-refractivity contribution in [1.82, 2.24) is 9.80 Å². The van der Waals surface area contributed by atoms with Crippen molar-refractivity contribution in [2.75, 3.05) is 33.2 Å². The van der Waals surface area contributed by atoms with Gasteiger partial charge in [-0.05, 0) is 26.0 Å². The van der Waals surface area contributed by atoms with E-state index in [1.165, 1.54) is 5.70 Å². The van der Waals surface area contributed by atoms with E-state index in [4.69, 9.17) is 5.11 Å². The molecule has 2 aliphatic rings. The van der Waals surface area contributed by atoms with Crippen LogP contribution in [0.1, 0.15) is 12.8 Å². The normalized spacial score (nSPS) is 22.7. The van der Waals surface area contributed by atoms with E-state index in [-0.39, 0.29) is 0 Å². The largest absolute Gasteiger partial charge is 0.478 e. The Labute approximate surface area is 95.8 Å². The van der Waals surface area contributed by atoms with Gasteiger partial charge in [-0.1, -0.05) is 6.08 Å². The van der Waals surface area contributed by atoms with Crippen LogP contribution >= 0.6 is 0 Å². The molecule has 0 spiro atoms. The van der Waals surface area contributed by atoms with Gasteiger partial charge in [0.2, 0.25) is 0 Å². The van der Waals surface area contributed by atoms with E-state index < -0.39 is 5.97 Å². The second-order valence-electron chi connectivity index (χ2n) is 4.43. The van der Waals surface area contributed by atoms with Gasteiger partial charge < -0.3 is 14.9 Å². The summed E-state index contributed by atoms with van der Waals surface area (Å²) in [6, 6.07) is 0. The van der Waals surface area contributed by atoms with Gasteiger partial charge >= 0.3 is 5.97 Å². The first kappa shape index (κ1) is 11.2. The molecular weight excluding hydrogens is 204 g/mol. The second kappa shape index (κ2) is 4.70. The minimum atomic E-state index is -0.814. The SMILES string of the molecule is CN1CCN(C2=CC(C(=O)O)=CCC2)CC1. The summed E-state index contributed by atoms with van der Waals surface area (Å²) in [7, 11) is 2.12. The summed E-state index contributed by atoms with van der Waals surface area (Å²) < 4.78 is 0. The molecule has 0 aromatic heterocycles. The van der Waals surface area contributed by atoms with Gasteiger partial charge in [-0.25, -0.2) is 4.79 Å². The molecular formula is C12H18N2O2.